The van der Waals surface area contributed by atoms with Crippen molar-refractivity contribution in [3.63, 3.8) is 0 Å². The van der Waals surface area contributed by atoms with Crippen molar-refractivity contribution in [3.05, 3.63) is 34.6 Å². The molecule has 0 spiro atoms. The Hall–Kier alpha value is -0.680. The van der Waals surface area contributed by atoms with E-state index in [1.165, 1.54) is 18.2 Å². The highest BCUT2D eigenvalue weighted by atomic mass is 35.5. The van der Waals surface area contributed by atoms with Gasteiger partial charge in [0.1, 0.15) is 5.82 Å². The Bertz CT molecular complexity index is 421. The summed E-state index contributed by atoms with van der Waals surface area (Å²) in [6.45, 7) is 1.43. The van der Waals surface area contributed by atoms with Crippen LogP contribution in [0.2, 0.25) is 5.02 Å². The van der Waals surface area contributed by atoms with Gasteiger partial charge in [-0.1, -0.05) is 17.7 Å². The van der Waals surface area contributed by atoms with Crippen LogP contribution in [0.25, 0.3) is 0 Å². The van der Waals surface area contributed by atoms with Gasteiger partial charge in [-0.05, 0) is 30.5 Å². The second kappa shape index (κ2) is 5.53. The van der Waals surface area contributed by atoms with Crippen LogP contribution in [0, 0.1) is 11.2 Å². The molecule has 1 fully saturated rings. The maximum Gasteiger partial charge on any atom is 0.141 e. The highest BCUT2D eigenvalue weighted by molar-refractivity contribution is 6.30. The molecule has 2 rings (SSSR count). The third kappa shape index (κ3) is 2.52. The number of hydrogen-bond acceptors (Lipinski definition) is 3. The summed E-state index contributed by atoms with van der Waals surface area (Å²) in [4.78, 5) is 0. The molecule has 100 valence electrons. The van der Waals surface area contributed by atoms with E-state index in [0.717, 1.165) is 12.8 Å². The molecule has 3 nitrogen and oxygen atoms in total. The normalized spacial score (nSPS) is 26.0. The first-order valence-corrected chi connectivity index (χ1v) is 6.38. The number of aliphatic hydroxyl groups is 1. The minimum absolute atomic E-state index is 0.00968. The van der Waals surface area contributed by atoms with Crippen molar-refractivity contribution in [3.8, 4) is 0 Å². The molecule has 1 aromatic rings. The van der Waals surface area contributed by atoms with E-state index in [1.54, 1.807) is 0 Å². The number of hydrogen-bond donors (Lipinski definition) is 2. The van der Waals surface area contributed by atoms with E-state index in [2.05, 4.69) is 0 Å². The van der Waals surface area contributed by atoms with Gasteiger partial charge in [0.05, 0.1) is 17.7 Å². The van der Waals surface area contributed by atoms with Crippen molar-refractivity contribution in [2.75, 3.05) is 19.8 Å². The second-order valence-electron chi connectivity index (χ2n) is 4.80. The molecule has 0 saturated carbocycles. The molecule has 1 aromatic carbocycles. The maximum absolute atomic E-state index is 13.1. The Morgan fingerprint density at radius 3 is 2.89 bits per heavy atom. The van der Waals surface area contributed by atoms with Crippen molar-refractivity contribution >= 4 is 11.6 Å². The van der Waals surface area contributed by atoms with Crippen molar-refractivity contribution in [1.29, 1.82) is 0 Å². The molecule has 0 amide bonds. The third-order valence-electron chi connectivity index (χ3n) is 3.60. The van der Waals surface area contributed by atoms with Crippen molar-refractivity contribution in [1.82, 2.24) is 0 Å². The fourth-order valence-corrected chi connectivity index (χ4v) is 2.59. The van der Waals surface area contributed by atoms with Crippen LogP contribution >= 0.6 is 11.6 Å². The summed E-state index contributed by atoms with van der Waals surface area (Å²) in [5, 5.41) is 10.5. The summed E-state index contributed by atoms with van der Waals surface area (Å²) in [6, 6.07) is 4.25. The SMILES string of the molecule is NCC1(C(O)c2ccc(F)c(Cl)c2)CCCOC1. The molecule has 18 heavy (non-hydrogen) atoms. The number of benzene rings is 1. The molecule has 2 atom stereocenters. The average Bonchev–Trinajstić information content (AvgIpc) is 2.42. The van der Waals surface area contributed by atoms with E-state index in [9.17, 15) is 9.50 Å². The zero-order valence-electron chi connectivity index (χ0n) is 10.0. The van der Waals surface area contributed by atoms with Gasteiger partial charge in [0, 0.05) is 18.6 Å². The lowest BCUT2D eigenvalue weighted by molar-refractivity contribution is -0.0782. The molecule has 0 aromatic heterocycles. The van der Waals surface area contributed by atoms with Crippen molar-refractivity contribution in [2.24, 2.45) is 11.1 Å². The summed E-state index contributed by atoms with van der Waals surface area (Å²) < 4.78 is 18.5. The van der Waals surface area contributed by atoms with Gasteiger partial charge in [-0.3, -0.25) is 0 Å². The summed E-state index contributed by atoms with van der Waals surface area (Å²) in [7, 11) is 0. The number of rotatable bonds is 3. The lowest BCUT2D eigenvalue weighted by Gasteiger charge is -2.40. The van der Waals surface area contributed by atoms with E-state index in [-0.39, 0.29) is 5.02 Å². The lowest BCUT2D eigenvalue weighted by atomic mass is 9.75. The van der Waals surface area contributed by atoms with E-state index >= 15 is 0 Å². The highest BCUT2D eigenvalue weighted by Crippen LogP contribution is 2.40. The van der Waals surface area contributed by atoms with E-state index in [4.69, 9.17) is 22.1 Å². The van der Waals surface area contributed by atoms with Gasteiger partial charge in [0.15, 0.2) is 0 Å². The van der Waals surface area contributed by atoms with E-state index in [0.29, 0.717) is 25.3 Å². The highest BCUT2D eigenvalue weighted by Gasteiger charge is 2.39. The molecule has 0 aliphatic carbocycles. The first-order chi connectivity index (χ1) is 8.59. The minimum Gasteiger partial charge on any atom is -0.388 e. The van der Waals surface area contributed by atoms with Crippen LogP contribution in [0.4, 0.5) is 4.39 Å². The number of aliphatic hydroxyl groups excluding tert-OH is 1. The Morgan fingerprint density at radius 2 is 2.33 bits per heavy atom. The molecule has 1 saturated heterocycles. The topological polar surface area (TPSA) is 55.5 Å². The number of nitrogens with two attached hydrogens (primary N) is 1. The molecule has 1 aliphatic heterocycles. The van der Waals surface area contributed by atoms with Gasteiger partial charge in [0.2, 0.25) is 0 Å². The van der Waals surface area contributed by atoms with Gasteiger partial charge in [-0.25, -0.2) is 4.39 Å². The lowest BCUT2D eigenvalue weighted by Crippen LogP contribution is -2.43. The van der Waals surface area contributed by atoms with Crippen molar-refractivity contribution in [2.45, 2.75) is 18.9 Å². The maximum atomic E-state index is 13.1. The fourth-order valence-electron chi connectivity index (χ4n) is 2.40. The number of ether oxygens (including phenoxy) is 1. The predicted molar refractivity (Wildman–Crippen MR) is 67.9 cm³/mol. The Balaban J connectivity index is 2.27. The Morgan fingerprint density at radius 1 is 1.56 bits per heavy atom. The monoisotopic (exact) mass is 273 g/mol. The molecule has 2 unspecified atom stereocenters. The third-order valence-corrected chi connectivity index (χ3v) is 3.89. The summed E-state index contributed by atoms with van der Waals surface area (Å²) in [5.74, 6) is -0.491. The van der Waals surface area contributed by atoms with Crippen molar-refractivity contribution < 1.29 is 14.2 Å². The summed E-state index contributed by atoms with van der Waals surface area (Å²) in [6.07, 6.45) is 0.865. The standard InChI is InChI=1S/C13H17ClFNO2/c14-10-6-9(2-3-11(10)15)12(17)13(7-16)4-1-5-18-8-13/h2-3,6,12,17H,1,4-5,7-8,16H2. The molecule has 0 bridgehead atoms. The van der Waals surface area contributed by atoms with Crippen LogP contribution in [0.5, 0.6) is 0 Å². The molecule has 5 heteroatoms. The average molecular weight is 274 g/mol. The van der Waals surface area contributed by atoms with Crippen LogP contribution in [0.15, 0.2) is 18.2 Å². The van der Waals surface area contributed by atoms with E-state index in [1.807, 2.05) is 0 Å². The molecular formula is C13H17ClFNO2. The molecule has 0 radical (unpaired) electrons. The van der Waals surface area contributed by atoms with Gasteiger partial charge >= 0.3 is 0 Å². The largest absolute Gasteiger partial charge is 0.388 e. The zero-order chi connectivity index (χ0) is 13.2. The molecule has 1 aliphatic rings. The minimum atomic E-state index is -0.791. The predicted octanol–water partition coefficient (Wildman–Crippen LogP) is 2.27. The Kier molecular flexibility index (Phi) is 4.22. The van der Waals surface area contributed by atoms with Crippen LogP contribution < -0.4 is 5.73 Å². The van der Waals surface area contributed by atoms with Gasteiger partial charge < -0.3 is 15.6 Å². The molecule has 1 heterocycles. The summed E-state index contributed by atoms with van der Waals surface area (Å²) in [5.41, 5.74) is 5.88. The quantitative estimate of drug-likeness (QED) is 0.888. The van der Waals surface area contributed by atoms with Crippen LogP contribution in [-0.4, -0.2) is 24.9 Å². The summed E-state index contributed by atoms with van der Waals surface area (Å²) >= 11 is 5.74. The van der Waals surface area contributed by atoms with Crippen LogP contribution in [0.3, 0.4) is 0 Å². The van der Waals surface area contributed by atoms with Gasteiger partial charge in [-0.15, -0.1) is 0 Å². The first kappa shape index (κ1) is 13.7. The van der Waals surface area contributed by atoms with Gasteiger partial charge in [0.25, 0.3) is 0 Å². The van der Waals surface area contributed by atoms with Gasteiger partial charge in [-0.2, -0.15) is 0 Å². The first-order valence-electron chi connectivity index (χ1n) is 6.00. The fraction of sp³-hybridized carbons (Fsp3) is 0.538. The number of halogens is 2. The zero-order valence-corrected chi connectivity index (χ0v) is 10.8. The molecular weight excluding hydrogens is 257 g/mol. The Labute approximate surface area is 111 Å². The van der Waals surface area contributed by atoms with E-state index < -0.39 is 17.3 Å². The van der Waals surface area contributed by atoms with Crippen LogP contribution in [-0.2, 0) is 4.74 Å². The second-order valence-corrected chi connectivity index (χ2v) is 5.21. The smallest absolute Gasteiger partial charge is 0.141 e. The van der Waals surface area contributed by atoms with Crippen LogP contribution in [0.1, 0.15) is 24.5 Å². The molecule has 3 N–H and O–H groups in total.